The number of hydrogen-bond acceptors (Lipinski definition) is 4. The fraction of sp³-hybridized carbons (Fsp3) is 0.450. The molecule has 0 saturated carbocycles. The summed E-state index contributed by atoms with van der Waals surface area (Å²) < 4.78 is 1.79. The van der Waals surface area contributed by atoms with Gasteiger partial charge in [-0.3, -0.25) is 9.58 Å². The number of anilines is 2. The Labute approximate surface area is 159 Å². The van der Waals surface area contributed by atoms with Gasteiger partial charge in [-0.25, -0.2) is 4.79 Å². The molecular formula is C20H27N5O2. The zero-order valence-corrected chi connectivity index (χ0v) is 16.2. The van der Waals surface area contributed by atoms with Crippen molar-refractivity contribution in [2.75, 3.05) is 36.5 Å². The van der Waals surface area contributed by atoms with E-state index in [1.54, 1.807) is 11.7 Å². The second-order valence-corrected chi connectivity index (χ2v) is 7.03. The van der Waals surface area contributed by atoms with Crippen molar-refractivity contribution in [2.24, 2.45) is 13.0 Å². The van der Waals surface area contributed by atoms with Crippen LogP contribution >= 0.6 is 0 Å². The Morgan fingerprint density at radius 3 is 2.96 bits per heavy atom. The Kier molecular flexibility index (Phi) is 5.78. The van der Waals surface area contributed by atoms with Crippen molar-refractivity contribution in [2.45, 2.75) is 19.8 Å². The minimum absolute atomic E-state index is 0.265. The summed E-state index contributed by atoms with van der Waals surface area (Å²) >= 11 is 0. The summed E-state index contributed by atoms with van der Waals surface area (Å²) in [5.41, 5.74) is 2.11. The summed E-state index contributed by atoms with van der Waals surface area (Å²) in [7, 11) is 3.45. The van der Waals surface area contributed by atoms with E-state index in [4.69, 9.17) is 0 Å². The van der Waals surface area contributed by atoms with E-state index in [1.807, 2.05) is 13.1 Å². The molecule has 7 nitrogen and oxygen atoms in total. The van der Waals surface area contributed by atoms with Gasteiger partial charge in [-0.2, -0.15) is 5.10 Å². The van der Waals surface area contributed by atoms with E-state index in [2.05, 4.69) is 46.5 Å². The van der Waals surface area contributed by atoms with E-state index < -0.39 is 0 Å². The predicted octanol–water partition coefficient (Wildman–Crippen LogP) is 2.71. The lowest BCUT2D eigenvalue weighted by Crippen LogP contribution is -2.39. The fourth-order valence-corrected chi connectivity index (χ4v) is 3.51. The number of aldehydes is 1. The number of nitrogens with zero attached hydrogens (tertiary/aromatic N) is 4. The molecule has 0 radical (unpaired) electrons. The molecule has 2 amide bonds. The van der Waals surface area contributed by atoms with Crippen molar-refractivity contribution in [3.8, 4) is 0 Å². The summed E-state index contributed by atoms with van der Waals surface area (Å²) in [5.74, 6) is 1.18. The average molecular weight is 369 g/mol. The zero-order valence-electron chi connectivity index (χ0n) is 16.2. The van der Waals surface area contributed by atoms with Crippen LogP contribution in [0.2, 0.25) is 0 Å². The van der Waals surface area contributed by atoms with Crippen molar-refractivity contribution in [1.29, 1.82) is 0 Å². The first kappa shape index (κ1) is 18.9. The molecule has 0 saturated heterocycles. The molecule has 1 atom stereocenters. The van der Waals surface area contributed by atoms with E-state index in [1.165, 1.54) is 4.90 Å². The number of nitrogens with one attached hydrogen (secondary N) is 1. The number of benzene rings is 1. The molecule has 2 heterocycles. The van der Waals surface area contributed by atoms with Crippen molar-refractivity contribution in [3.63, 3.8) is 0 Å². The number of aryl methyl sites for hydroxylation is 1. The lowest BCUT2D eigenvalue weighted by Gasteiger charge is -2.25. The van der Waals surface area contributed by atoms with Gasteiger partial charge in [-0.1, -0.05) is 19.1 Å². The maximum Gasteiger partial charge on any atom is 0.322 e. The van der Waals surface area contributed by atoms with Gasteiger partial charge in [0.15, 0.2) is 5.82 Å². The Balaban J connectivity index is 1.99. The molecule has 0 aliphatic carbocycles. The quantitative estimate of drug-likeness (QED) is 0.650. The minimum Gasteiger partial charge on any atom is -0.367 e. The molecule has 0 fully saturated rings. The fourth-order valence-electron chi connectivity index (χ4n) is 3.51. The monoisotopic (exact) mass is 369 g/mol. The second-order valence-electron chi connectivity index (χ2n) is 7.03. The van der Waals surface area contributed by atoms with Gasteiger partial charge in [0.2, 0.25) is 0 Å². The third-order valence-corrected chi connectivity index (χ3v) is 4.93. The van der Waals surface area contributed by atoms with Crippen LogP contribution in [-0.4, -0.2) is 48.8 Å². The van der Waals surface area contributed by atoms with Crippen LogP contribution in [0.15, 0.2) is 30.4 Å². The number of aromatic nitrogens is 2. The molecule has 0 bridgehead atoms. The van der Waals surface area contributed by atoms with Gasteiger partial charge in [0.25, 0.3) is 0 Å². The average Bonchev–Trinajstić information content (AvgIpc) is 2.84. The number of allylic oxidation sites excluding steroid dienone is 1. The molecule has 27 heavy (non-hydrogen) atoms. The van der Waals surface area contributed by atoms with Crippen LogP contribution in [-0.2, 0) is 11.8 Å². The Hall–Kier alpha value is -2.83. The van der Waals surface area contributed by atoms with Gasteiger partial charge in [0.05, 0.1) is 5.52 Å². The predicted molar refractivity (Wildman–Crippen MR) is 108 cm³/mol. The standard InChI is InChI=1S/C20H27N5O2/c1-15-7-4-5-10-24(14-15)16-8-9-17-18(13-16)23(3)22-19(17)25(11-6-12-26)20(27)21-2/h4-5,8-9,12-13,15H,6-7,10-11,14H2,1-3H3,(H,21,27). The number of carbonyl (C=O) groups is 2. The largest absolute Gasteiger partial charge is 0.367 e. The van der Waals surface area contributed by atoms with E-state index in [9.17, 15) is 9.59 Å². The molecule has 2 aromatic rings. The highest BCUT2D eigenvalue weighted by Gasteiger charge is 2.22. The van der Waals surface area contributed by atoms with Gasteiger partial charge in [-0.15, -0.1) is 0 Å². The van der Waals surface area contributed by atoms with Gasteiger partial charge in [-0.05, 0) is 30.5 Å². The molecule has 0 spiro atoms. The number of amides is 2. The van der Waals surface area contributed by atoms with Crippen LogP contribution in [0.1, 0.15) is 19.8 Å². The molecule has 3 rings (SSSR count). The molecule has 1 aliphatic rings. The summed E-state index contributed by atoms with van der Waals surface area (Å²) in [6.07, 6.45) is 6.65. The van der Waals surface area contributed by atoms with Gasteiger partial charge >= 0.3 is 6.03 Å². The van der Waals surface area contributed by atoms with Crippen LogP contribution in [0.25, 0.3) is 10.9 Å². The zero-order chi connectivity index (χ0) is 19.4. The molecule has 144 valence electrons. The van der Waals surface area contributed by atoms with E-state index in [0.717, 1.165) is 42.4 Å². The van der Waals surface area contributed by atoms with E-state index >= 15 is 0 Å². The molecule has 1 aromatic carbocycles. The number of fused-ring (bicyclic) bond motifs is 1. The molecule has 1 aromatic heterocycles. The first-order valence-electron chi connectivity index (χ1n) is 9.34. The topological polar surface area (TPSA) is 70.5 Å². The Morgan fingerprint density at radius 2 is 2.22 bits per heavy atom. The van der Waals surface area contributed by atoms with Crippen LogP contribution in [0.5, 0.6) is 0 Å². The molecule has 1 N–H and O–H groups in total. The lowest BCUT2D eigenvalue weighted by atomic mass is 10.1. The summed E-state index contributed by atoms with van der Waals surface area (Å²) in [5, 5.41) is 8.09. The maximum absolute atomic E-state index is 12.3. The Morgan fingerprint density at radius 1 is 1.41 bits per heavy atom. The molecule has 7 heteroatoms. The van der Waals surface area contributed by atoms with Crippen molar-refractivity contribution >= 4 is 34.7 Å². The third kappa shape index (κ3) is 3.97. The van der Waals surface area contributed by atoms with Crippen molar-refractivity contribution in [1.82, 2.24) is 15.1 Å². The minimum atomic E-state index is -0.271. The lowest BCUT2D eigenvalue weighted by molar-refractivity contribution is -0.107. The number of rotatable bonds is 5. The van der Waals surface area contributed by atoms with Crippen LogP contribution in [0.3, 0.4) is 0 Å². The summed E-state index contributed by atoms with van der Waals surface area (Å²) in [6, 6.07) is 5.96. The normalized spacial score (nSPS) is 17.0. The molecular weight excluding hydrogens is 342 g/mol. The van der Waals surface area contributed by atoms with Gasteiger partial charge in [0.1, 0.15) is 6.29 Å². The van der Waals surface area contributed by atoms with Crippen LogP contribution < -0.4 is 15.1 Å². The first-order chi connectivity index (χ1) is 13.0. The number of carbonyl (C=O) groups excluding carboxylic acids is 2. The van der Waals surface area contributed by atoms with Crippen LogP contribution in [0, 0.1) is 5.92 Å². The second kappa shape index (κ2) is 8.24. The number of urea groups is 1. The molecule has 1 aliphatic heterocycles. The highest BCUT2D eigenvalue weighted by Crippen LogP contribution is 2.30. The van der Waals surface area contributed by atoms with Gasteiger partial charge < -0.3 is 15.0 Å². The summed E-state index contributed by atoms with van der Waals surface area (Å²) in [4.78, 5) is 27.0. The first-order valence-corrected chi connectivity index (χ1v) is 9.34. The van der Waals surface area contributed by atoms with E-state index in [0.29, 0.717) is 18.3 Å². The van der Waals surface area contributed by atoms with Crippen molar-refractivity contribution in [3.05, 3.63) is 30.4 Å². The molecule has 1 unspecified atom stereocenters. The van der Waals surface area contributed by atoms with E-state index in [-0.39, 0.29) is 12.5 Å². The number of hydrogen-bond donors (Lipinski definition) is 1. The smallest absolute Gasteiger partial charge is 0.322 e. The third-order valence-electron chi connectivity index (χ3n) is 4.93. The van der Waals surface area contributed by atoms with Gasteiger partial charge in [0, 0.05) is 51.2 Å². The highest BCUT2D eigenvalue weighted by molar-refractivity contribution is 6.01. The SMILES string of the molecule is CNC(=O)N(CCC=O)c1nn(C)c2cc(N3CC=CCC(C)C3)ccc12. The van der Waals surface area contributed by atoms with Crippen molar-refractivity contribution < 1.29 is 9.59 Å². The highest BCUT2D eigenvalue weighted by atomic mass is 16.2. The maximum atomic E-state index is 12.3. The Bertz CT molecular complexity index is 857. The van der Waals surface area contributed by atoms with Crippen LogP contribution in [0.4, 0.5) is 16.3 Å². The summed E-state index contributed by atoms with van der Waals surface area (Å²) in [6.45, 7) is 4.46.